The Kier molecular flexibility index (Phi) is 7.81. The van der Waals surface area contributed by atoms with Crippen LogP contribution >= 0.6 is 0 Å². The van der Waals surface area contributed by atoms with E-state index in [1.54, 1.807) is 23.0 Å². The fourth-order valence-corrected chi connectivity index (χ4v) is 4.74. The van der Waals surface area contributed by atoms with Gasteiger partial charge in [-0.05, 0) is 63.5 Å². The number of amides is 2. The molecule has 0 saturated heterocycles. The highest BCUT2D eigenvalue weighted by Crippen LogP contribution is 2.32. The lowest BCUT2D eigenvalue weighted by Crippen LogP contribution is -2.35. The molecular formula is C29H33N7O4. The maximum Gasteiger partial charge on any atom is 0.258 e. The minimum Gasteiger partial charge on any atom is -0.489 e. The summed E-state index contributed by atoms with van der Waals surface area (Å²) in [6.07, 6.45) is 5.52. The highest BCUT2D eigenvalue weighted by atomic mass is 16.5. The second kappa shape index (κ2) is 11.6. The maximum atomic E-state index is 13.5. The molecule has 1 aliphatic rings. The number of hydrogen-bond donors (Lipinski definition) is 2. The van der Waals surface area contributed by atoms with E-state index < -0.39 is 0 Å². The van der Waals surface area contributed by atoms with Crippen molar-refractivity contribution in [3.8, 4) is 22.9 Å². The van der Waals surface area contributed by atoms with E-state index in [1.165, 1.54) is 6.08 Å². The van der Waals surface area contributed by atoms with Crippen molar-refractivity contribution in [2.45, 2.75) is 45.7 Å². The second-order valence-electron chi connectivity index (χ2n) is 9.87. The molecule has 208 valence electrons. The Labute approximate surface area is 232 Å². The van der Waals surface area contributed by atoms with Crippen LogP contribution in [0.4, 0.5) is 5.95 Å². The van der Waals surface area contributed by atoms with Crippen molar-refractivity contribution in [2.75, 3.05) is 18.5 Å². The molecule has 3 aromatic heterocycles. The van der Waals surface area contributed by atoms with E-state index in [0.717, 1.165) is 30.3 Å². The molecular weight excluding hydrogens is 510 g/mol. The highest BCUT2D eigenvalue weighted by molar-refractivity contribution is 6.05. The number of aryl methyl sites for hydroxylation is 3. The third kappa shape index (κ3) is 5.68. The Morgan fingerprint density at radius 1 is 1.27 bits per heavy atom. The summed E-state index contributed by atoms with van der Waals surface area (Å²) in [7, 11) is 1.83. The number of fused-ring (bicyclic) bond motifs is 7. The van der Waals surface area contributed by atoms with Crippen LogP contribution in [0.3, 0.4) is 0 Å². The fraction of sp³-hybridized carbons (Fsp3) is 0.345. The Morgan fingerprint density at radius 2 is 2.12 bits per heavy atom. The lowest BCUT2D eigenvalue weighted by atomic mass is 10.1. The van der Waals surface area contributed by atoms with Gasteiger partial charge < -0.3 is 19.4 Å². The van der Waals surface area contributed by atoms with Gasteiger partial charge in [0.25, 0.3) is 5.91 Å². The summed E-state index contributed by atoms with van der Waals surface area (Å²) in [5.74, 6) is 1.13. The van der Waals surface area contributed by atoms with E-state index in [-0.39, 0.29) is 24.5 Å². The van der Waals surface area contributed by atoms with Crippen molar-refractivity contribution >= 4 is 28.8 Å². The van der Waals surface area contributed by atoms with Crippen molar-refractivity contribution in [3.05, 3.63) is 60.4 Å². The number of ether oxygens (including phenoxy) is 2. The smallest absolute Gasteiger partial charge is 0.258 e. The second-order valence-corrected chi connectivity index (χ2v) is 9.87. The van der Waals surface area contributed by atoms with Crippen LogP contribution < -0.4 is 20.1 Å². The normalized spacial score (nSPS) is 14.5. The zero-order valence-corrected chi connectivity index (χ0v) is 22.9. The van der Waals surface area contributed by atoms with E-state index >= 15 is 0 Å². The van der Waals surface area contributed by atoms with Crippen molar-refractivity contribution in [1.82, 2.24) is 29.6 Å². The van der Waals surface area contributed by atoms with E-state index in [9.17, 15) is 9.59 Å². The van der Waals surface area contributed by atoms with Crippen LogP contribution in [0, 0.1) is 6.92 Å². The van der Waals surface area contributed by atoms with Crippen molar-refractivity contribution in [3.63, 3.8) is 0 Å². The zero-order chi connectivity index (χ0) is 28.2. The SMILES string of the molecule is C=CC(=O)N[C@H](C)COc1cccc2nc3n(c12)CCCCCOc1c(cnn1C)-c1cc(cc(C)n1)C(=O)N3. The van der Waals surface area contributed by atoms with Crippen LogP contribution in [-0.2, 0) is 18.4 Å². The molecule has 1 aromatic carbocycles. The average molecular weight is 544 g/mol. The van der Waals surface area contributed by atoms with Gasteiger partial charge in [-0.15, -0.1) is 0 Å². The molecule has 0 spiro atoms. The van der Waals surface area contributed by atoms with E-state index in [2.05, 4.69) is 27.3 Å². The summed E-state index contributed by atoms with van der Waals surface area (Å²) >= 11 is 0. The fourth-order valence-electron chi connectivity index (χ4n) is 4.74. The molecule has 11 heteroatoms. The number of carbonyl (C=O) groups is 2. The van der Waals surface area contributed by atoms with Crippen LogP contribution in [0.2, 0.25) is 0 Å². The Balaban J connectivity index is 1.50. The quantitative estimate of drug-likeness (QED) is 0.364. The number of rotatable bonds is 5. The number of carbonyl (C=O) groups excluding carboxylic acids is 2. The first-order valence-corrected chi connectivity index (χ1v) is 13.3. The molecule has 0 saturated carbocycles. The lowest BCUT2D eigenvalue weighted by Gasteiger charge is -2.16. The molecule has 4 aromatic rings. The summed E-state index contributed by atoms with van der Waals surface area (Å²) < 4.78 is 15.9. The number of para-hydroxylation sites is 1. The van der Waals surface area contributed by atoms with Crippen molar-refractivity contribution in [1.29, 1.82) is 0 Å². The van der Waals surface area contributed by atoms with Crippen LogP contribution in [0.1, 0.15) is 42.2 Å². The standard InChI is InChI=1S/C29H33N7O4/c1-5-25(37)32-19(3)17-40-24-11-9-10-22-26(24)36-12-7-6-8-13-39-28-21(16-30-35(28)4)23-15-20(14-18(2)31-23)27(38)34-29(36)33-22/h5,9-11,14-16,19H,1,6-8,12-13,17H2,2-4H3,(H,32,37)(H,33,34,38)/t19-/m1/s1. The predicted octanol–water partition coefficient (Wildman–Crippen LogP) is 4.02. The highest BCUT2D eigenvalue weighted by Gasteiger charge is 2.21. The Hall–Kier alpha value is -4.67. The van der Waals surface area contributed by atoms with Crippen molar-refractivity contribution in [2.24, 2.45) is 7.05 Å². The number of pyridine rings is 1. The van der Waals surface area contributed by atoms with Gasteiger partial charge in [0.05, 0.1) is 35.6 Å². The molecule has 2 bridgehead atoms. The molecule has 0 unspecified atom stereocenters. The third-order valence-corrected chi connectivity index (χ3v) is 6.66. The summed E-state index contributed by atoms with van der Waals surface area (Å²) in [4.78, 5) is 34.6. The molecule has 1 atom stereocenters. The maximum absolute atomic E-state index is 13.5. The summed E-state index contributed by atoms with van der Waals surface area (Å²) in [5.41, 5.74) is 3.99. The lowest BCUT2D eigenvalue weighted by molar-refractivity contribution is -0.117. The van der Waals surface area contributed by atoms with Crippen LogP contribution in [0.5, 0.6) is 11.6 Å². The predicted molar refractivity (Wildman–Crippen MR) is 152 cm³/mol. The van der Waals surface area contributed by atoms with Crippen LogP contribution in [-0.4, -0.2) is 55.4 Å². The third-order valence-electron chi connectivity index (χ3n) is 6.66. The minimum absolute atomic E-state index is 0.228. The molecule has 0 radical (unpaired) electrons. The largest absolute Gasteiger partial charge is 0.489 e. The van der Waals surface area contributed by atoms with Gasteiger partial charge in [-0.2, -0.15) is 5.10 Å². The number of nitrogens with zero attached hydrogens (tertiary/aromatic N) is 5. The monoisotopic (exact) mass is 543 g/mol. The molecule has 0 aliphatic carbocycles. The van der Waals surface area contributed by atoms with Gasteiger partial charge >= 0.3 is 0 Å². The Morgan fingerprint density at radius 3 is 2.95 bits per heavy atom. The topological polar surface area (TPSA) is 125 Å². The van der Waals surface area contributed by atoms with E-state index in [0.29, 0.717) is 53.2 Å². The molecule has 11 nitrogen and oxygen atoms in total. The van der Waals surface area contributed by atoms with Gasteiger partial charge in [-0.3, -0.25) is 19.9 Å². The molecule has 5 rings (SSSR count). The number of anilines is 1. The first-order chi connectivity index (χ1) is 19.3. The molecule has 0 fully saturated rings. The van der Waals surface area contributed by atoms with E-state index in [1.807, 2.05) is 43.7 Å². The molecule has 1 aliphatic heterocycles. The summed E-state index contributed by atoms with van der Waals surface area (Å²) in [6.45, 7) is 8.61. The van der Waals surface area contributed by atoms with Crippen LogP contribution in [0.15, 0.2) is 49.2 Å². The first kappa shape index (κ1) is 26.9. The average Bonchev–Trinajstić information content (AvgIpc) is 3.48. The molecule has 40 heavy (non-hydrogen) atoms. The molecule has 2 N–H and O–H groups in total. The summed E-state index contributed by atoms with van der Waals surface area (Å²) in [6, 6.07) is 8.88. The van der Waals surface area contributed by atoms with Crippen molar-refractivity contribution < 1.29 is 19.1 Å². The molecule has 4 heterocycles. The van der Waals surface area contributed by atoms with E-state index in [4.69, 9.17) is 14.5 Å². The number of benzene rings is 1. The van der Waals surface area contributed by atoms with Gasteiger partial charge in [-0.1, -0.05) is 12.6 Å². The Bertz CT molecular complexity index is 1570. The van der Waals surface area contributed by atoms with Crippen LogP contribution in [0.25, 0.3) is 22.3 Å². The minimum atomic E-state index is -0.298. The zero-order valence-electron chi connectivity index (χ0n) is 22.9. The number of hydrogen-bond acceptors (Lipinski definition) is 7. The van der Waals surface area contributed by atoms with Gasteiger partial charge in [0.2, 0.25) is 17.7 Å². The number of nitrogens with one attached hydrogen (secondary N) is 2. The number of aromatic nitrogens is 5. The molecule has 2 amide bonds. The van der Waals surface area contributed by atoms with Gasteiger partial charge in [0.15, 0.2) is 0 Å². The first-order valence-electron chi connectivity index (χ1n) is 13.3. The van der Waals surface area contributed by atoms with Gasteiger partial charge in [0.1, 0.15) is 17.9 Å². The number of imidazole rings is 1. The van der Waals surface area contributed by atoms with Gasteiger partial charge in [0, 0.05) is 24.8 Å². The summed E-state index contributed by atoms with van der Waals surface area (Å²) in [5, 5.41) is 10.2. The van der Waals surface area contributed by atoms with Gasteiger partial charge in [-0.25, -0.2) is 9.67 Å².